The molecule has 0 saturated heterocycles. The monoisotopic (exact) mass is 375 g/mol. The van der Waals surface area contributed by atoms with E-state index in [4.69, 9.17) is 21.1 Å². The molecule has 0 aliphatic carbocycles. The second-order valence-electron chi connectivity index (χ2n) is 5.80. The Balaban J connectivity index is 1.58. The molecule has 1 amide bonds. The molecule has 26 heavy (non-hydrogen) atoms. The van der Waals surface area contributed by atoms with Crippen LogP contribution in [0.4, 0.5) is 0 Å². The molecule has 5 nitrogen and oxygen atoms in total. The Labute approximate surface area is 158 Å². The van der Waals surface area contributed by atoms with Crippen molar-refractivity contribution in [3.63, 3.8) is 0 Å². The van der Waals surface area contributed by atoms with Crippen molar-refractivity contribution in [2.45, 2.75) is 26.3 Å². The minimum atomic E-state index is -0.425. The second-order valence-corrected chi connectivity index (χ2v) is 6.20. The normalized spacial score (nSPS) is 10.2. The van der Waals surface area contributed by atoms with Crippen LogP contribution >= 0.6 is 11.6 Å². The zero-order valence-corrected chi connectivity index (χ0v) is 15.4. The number of halogens is 1. The Morgan fingerprint density at radius 3 is 2.69 bits per heavy atom. The Morgan fingerprint density at radius 1 is 1.12 bits per heavy atom. The van der Waals surface area contributed by atoms with E-state index in [0.717, 1.165) is 16.9 Å². The van der Waals surface area contributed by atoms with Crippen LogP contribution in [0.5, 0.6) is 5.75 Å². The van der Waals surface area contributed by atoms with Crippen LogP contribution in [0.2, 0.25) is 5.02 Å². The number of carbonyl (C=O) groups excluding carboxylic acids is 2. The van der Waals surface area contributed by atoms with Crippen LogP contribution in [0.3, 0.4) is 0 Å². The summed E-state index contributed by atoms with van der Waals surface area (Å²) in [6.45, 7) is 2.39. The summed E-state index contributed by atoms with van der Waals surface area (Å²) in [6.07, 6.45) is 0.720. The molecule has 2 aromatic rings. The van der Waals surface area contributed by atoms with Crippen molar-refractivity contribution in [1.82, 2.24) is 5.32 Å². The van der Waals surface area contributed by atoms with E-state index >= 15 is 0 Å². The smallest absolute Gasteiger partial charge is 0.306 e. The van der Waals surface area contributed by atoms with E-state index in [2.05, 4.69) is 5.32 Å². The number of aryl methyl sites for hydroxylation is 1. The Bertz CT molecular complexity index is 748. The number of hydrogen-bond donors (Lipinski definition) is 1. The third kappa shape index (κ3) is 7.15. The lowest BCUT2D eigenvalue weighted by atomic mass is 10.2. The summed E-state index contributed by atoms with van der Waals surface area (Å²) in [6, 6.07) is 14.9. The summed E-state index contributed by atoms with van der Waals surface area (Å²) in [5.41, 5.74) is 1.92. The zero-order valence-electron chi connectivity index (χ0n) is 14.7. The minimum Gasteiger partial charge on any atom is -0.494 e. The predicted molar refractivity (Wildman–Crippen MR) is 100 cm³/mol. The average molecular weight is 376 g/mol. The van der Waals surface area contributed by atoms with Crippen molar-refractivity contribution < 1.29 is 19.1 Å². The lowest BCUT2D eigenvalue weighted by Gasteiger charge is -2.08. The minimum absolute atomic E-state index is 0.198. The summed E-state index contributed by atoms with van der Waals surface area (Å²) < 4.78 is 10.5. The molecule has 0 aliphatic heterocycles. The molecule has 0 aromatic heterocycles. The topological polar surface area (TPSA) is 64.6 Å². The van der Waals surface area contributed by atoms with Crippen LogP contribution in [0.1, 0.15) is 24.0 Å². The van der Waals surface area contributed by atoms with Crippen molar-refractivity contribution in [2.75, 3.05) is 13.2 Å². The maximum Gasteiger partial charge on any atom is 0.306 e. The van der Waals surface area contributed by atoms with Crippen LogP contribution < -0.4 is 10.1 Å². The van der Waals surface area contributed by atoms with E-state index < -0.39 is 5.97 Å². The molecule has 2 aromatic carbocycles. The molecule has 138 valence electrons. The molecule has 6 heteroatoms. The van der Waals surface area contributed by atoms with Gasteiger partial charge in [-0.2, -0.15) is 0 Å². The molecular weight excluding hydrogens is 354 g/mol. The Hall–Kier alpha value is -2.53. The molecule has 0 spiro atoms. The first-order chi connectivity index (χ1) is 12.5. The van der Waals surface area contributed by atoms with Crippen molar-refractivity contribution >= 4 is 23.5 Å². The number of carbonyl (C=O) groups is 2. The fourth-order valence-electron chi connectivity index (χ4n) is 2.22. The van der Waals surface area contributed by atoms with E-state index in [1.807, 2.05) is 49.4 Å². The number of ether oxygens (including phenoxy) is 2. The maximum atomic E-state index is 11.7. The van der Waals surface area contributed by atoms with Crippen LogP contribution in [-0.2, 0) is 20.9 Å². The van der Waals surface area contributed by atoms with Gasteiger partial charge < -0.3 is 14.8 Å². The van der Waals surface area contributed by atoms with Gasteiger partial charge in [0, 0.05) is 18.0 Å². The second kappa shape index (κ2) is 10.5. The Morgan fingerprint density at radius 2 is 1.92 bits per heavy atom. The van der Waals surface area contributed by atoms with Gasteiger partial charge in [-0.05, 0) is 42.7 Å². The fraction of sp³-hybridized carbons (Fsp3) is 0.300. The lowest BCUT2D eigenvalue weighted by Crippen LogP contribution is -2.28. The number of rotatable bonds is 9. The number of hydrogen-bond acceptors (Lipinski definition) is 4. The SMILES string of the molecule is Cc1cccc(OCCCC(=O)OCC(=O)NCc2ccccc2Cl)c1. The summed E-state index contributed by atoms with van der Waals surface area (Å²) in [5.74, 6) is -0.0164. The van der Waals surface area contributed by atoms with Gasteiger partial charge in [0.25, 0.3) is 5.91 Å². The van der Waals surface area contributed by atoms with Gasteiger partial charge in [-0.15, -0.1) is 0 Å². The van der Waals surface area contributed by atoms with Crippen molar-refractivity contribution in [1.29, 1.82) is 0 Å². The van der Waals surface area contributed by atoms with Gasteiger partial charge in [0.1, 0.15) is 5.75 Å². The molecule has 0 radical (unpaired) electrons. The molecule has 0 saturated carbocycles. The van der Waals surface area contributed by atoms with Gasteiger partial charge in [0.2, 0.25) is 0 Å². The molecule has 0 fully saturated rings. The van der Waals surface area contributed by atoms with E-state index in [-0.39, 0.29) is 18.9 Å². The Kier molecular flexibility index (Phi) is 7.96. The maximum absolute atomic E-state index is 11.7. The van der Waals surface area contributed by atoms with Crippen molar-refractivity contribution in [3.05, 3.63) is 64.7 Å². The van der Waals surface area contributed by atoms with Gasteiger partial charge in [-0.25, -0.2) is 0 Å². The molecule has 0 atom stereocenters. The summed E-state index contributed by atoms with van der Waals surface area (Å²) >= 11 is 6.01. The molecule has 0 unspecified atom stereocenters. The van der Waals surface area contributed by atoms with E-state index in [0.29, 0.717) is 24.6 Å². The molecular formula is C20H22ClNO4. The van der Waals surface area contributed by atoms with Crippen LogP contribution in [0.15, 0.2) is 48.5 Å². The summed E-state index contributed by atoms with van der Waals surface area (Å²) in [7, 11) is 0. The number of amides is 1. The highest BCUT2D eigenvalue weighted by Gasteiger charge is 2.08. The highest BCUT2D eigenvalue weighted by molar-refractivity contribution is 6.31. The van der Waals surface area contributed by atoms with Gasteiger partial charge in [0.05, 0.1) is 6.61 Å². The van der Waals surface area contributed by atoms with Gasteiger partial charge in [-0.1, -0.05) is 41.9 Å². The summed E-state index contributed by atoms with van der Waals surface area (Å²) in [4.78, 5) is 23.4. The van der Waals surface area contributed by atoms with Crippen LogP contribution in [0.25, 0.3) is 0 Å². The molecule has 0 heterocycles. The van der Waals surface area contributed by atoms with Crippen LogP contribution in [0, 0.1) is 6.92 Å². The molecule has 0 bridgehead atoms. The number of benzene rings is 2. The van der Waals surface area contributed by atoms with Crippen molar-refractivity contribution in [2.24, 2.45) is 0 Å². The standard InChI is InChI=1S/C20H22ClNO4/c1-15-6-4-8-17(12-15)25-11-5-10-20(24)26-14-19(23)22-13-16-7-2-3-9-18(16)21/h2-4,6-9,12H,5,10-11,13-14H2,1H3,(H,22,23). The first kappa shape index (κ1) is 19.8. The van der Waals surface area contributed by atoms with Crippen LogP contribution in [-0.4, -0.2) is 25.1 Å². The van der Waals surface area contributed by atoms with Gasteiger partial charge in [-0.3, -0.25) is 9.59 Å². The molecule has 0 aliphatic rings. The van der Waals surface area contributed by atoms with Crippen molar-refractivity contribution in [3.8, 4) is 5.75 Å². The largest absolute Gasteiger partial charge is 0.494 e. The number of nitrogens with one attached hydrogen (secondary N) is 1. The van der Waals surface area contributed by atoms with E-state index in [1.54, 1.807) is 6.07 Å². The molecule has 2 rings (SSSR count). The average Bonchev–Trinajstić information content (AvgIpc) is 2.63. The third-order valence-electron chi connectivity index (χ3n) is 3.58. The highest BCUT2D eigenvalue weighted by atomic mass is 35.5. The van der Waals surface area contributed by atoms with E-state index in [9.17, 15) is 9.59 Å². The summed E-state index contributed by atoms with van der Waals surface area (Å²) in [5, 5.41) is 3.25. The quantitative estimate of drug-likeness (QED) is 0.536. The van der Waals surface area contributed by atoms with Gasteiger partial charge in [0.15, 0.2) is 6.61 Å². The highest BCUT2D eigenvalue weighted by Crippen LogP contribution is 2.14. The van der Waals surface area contributed by atoms with E-state index in [1.165, 1.54) is 0 Å². The predicted octanol–water partition coefficient (Wildman–Crippen LogP) is 3.67. The number of esters is 1. The first-order valence-electron chi connectivity index (χ1n) is 8.40. The fourth-order valence-corrected chi connectivity index (χ4v) is 2.42. The lowest BCUT2D eigenvalue weighted by molar-refractivity contribution is -0.148. The molecule has 1 N–H and O–H groups in total. The first-order valence-corrected chi connectivity index (χ1v) is 8.77. The zero-order chi connectivity index (χ0) is 18.8. The van der Waals surface area contributed by atoms with Gasteiger partial charge >= 0.3 is 5.97 Å². The third-order valence-corrected chi connectivity index (χ3v) is 3.95.